The maximum atomic E-state index is 13.5. The third-order valence-corrected chi connectivity index (χ3v) is 8.43. The molecule has 6 aromatic rings. The Morgan fingerprint density at radius 2 is 1.40 bits per heavy atom. The molecular formula is C36H35F3IrN3O2-. The normalized spacial score (nSPS) is 12.3. The summed E-state index contributed by atoms with van der Waals surface area (Å²) in [4.78, 5) is 11.7. The smallest absolute Gasteiger partial charge is 0.435 e. The largest absolute Gasteiger partial charge is 0.512 e. The van der Waals surface area contributed by atoms with Crippen molar-refractivity contribution in [1.82, 2.24) is 14.6 Å². The van der Waals surface area contributed by atoms with Crippen LogP contribution in [0.5, 0.6) is 0 Å². The van der Waals surface area contributed by atoms with Crippen molar-refractivity contribution in [2.75, 3.05) is 0 Å². The fourth-order valence-electron chi connectivity index (χ4n) is 5.97. The molecule has 0 saturated carbocycles. The summed E-state index contributed by atoms with van der Waals surface area (Å²) in [5, 5.41) is 20.8. The Bertz CT molecular complexity index is 1960. The molecule has 0 saturated heterocycles. The maximum absolute atomic E-state index is 13.5. The van der Waals surface area contributed by atoms with Crippen LogP contribution in [-0.4, -0.2) is 25.5 Å². The monoisotopic (exact) mass is 791 g/mol. The summed E-state index contributed by atoms with van der Waals surface area (Å²) in [6.07, 6.45) is 0.332. The van der Waals surface area contributed by atoms with Crippen LogP contribution in [0.2, 0.25) is 0 Å². The van der Waals surface area contributed by atoms with E-state index in [0.29, 0.717) is 16.8 Å². The number of hydrogen-bond acceptors (Lipinski definition) is 4. The first-order valence-electron chi connectivity index (χ1n) is 15.1. The van der Waals surface area contributed by atoms with E-state index < -0.39 is 11.9 Å². The van der Waals surface area contributed by atoms with Gasteiger partial charge in [-0.15, -0.1) is 23.6 Å². The second-order valence-corrected chi connectivity index (χ2v) is 11.0. The molecular weight excluding hydrogens is 756 g/mol. The first kappa shape index (κ1) is 34.1. The molecule has 237 valence electrons. The van der Waals surface area contributed by atoms with Crippen LogP contribution < -0.4 is 0 Å². The predicted octanol–water partition coefficient (Wildman–Crippen LogP) is 9.98. The van der Waals surface area contributed by atoms with Crippen molar-refractivity contribution >= 4 is 43.7 Å². The standard InChI is InChI=1S/C23H11F3N3.C13H24O2.Ir/c24-23(25,26)22-17-9-2-1-8-15(17)20(27-28-22)19-12-13-6-5-10-16-14-7-3-4-11-18(14)29(19)21(13)16;1-5-10(6-2)12(14)9-13(15)11(7-3)8-4;/h1-11H;9-11,14H,5-8H2,1-4H3;/q-1;;/b;12-9-;. The van der Waals surface area contributed by atoms with Crippen molar-refractivity contribution in [3.63, 3.8) is 0 Å². The van der Waals surface area contributed by atoms with Crippen molar-refractivity contribution in [1.29, 1.82) is 0 Å². The molecule has 45 heavy (non-hydrogen) atoms. The fraction of sp³-hybridized carbons (Fsp3) is 0.306. The molecule has 1 N–H and O–H groups in total. The van der Waals surface area contributed by atoms with Gasteiger partial charge < -0.3 is 9.51 Å². The molecule has 1 radical (unpaired) electrons. The van der Waals surface area contributed by atoms with E-state index in [4.69, 9.17) is 0 Å². The van der Waals surface area contributed by atoms with Gasteiger partial charge in [0.25, 0.3) is 0 Å². The van der Waals surface area contributed by atoms with E-state index in [1.165, 1.54) is 12.1 Å². The molecule has 9 heteroatoms. The zero-order chi connectivity index (χ0) is 31.6. The number of ketones is 1. The molecule has 0 aliphatic rings. The van der Waals surface area contributed by atoms with E-state index in [1.807, 2.05) is 74.6 Å². The van der Waals surface area contributed by atoms with Gasteiger partial charge in [-0.1, -0.05) is 76.2 Å². The Morgan fingerprint density at radius 3 is 2.02 bits per heavy atom. The van der Waals surface area contributed by atoms with Crippen LogP contribution >= 0.6 is 0 Å². The number of para-hydroxylation sites is 2. The topological polar surface area (TPSA) is 67.5 Å². The van der Waals surface area contributed by atoms with Gasteiger partial charge in [0.1, 0.15) is 0 Å². The molecule has 3 heterocycles. The molecule has 6 rings (SSSR count). The van der Waals surface area contributed by atoms with Crippen molar-refractivity contribution in [3.05, 3.63) is 90.3 Å². The number of alkyl halides is 3. The molecule has 0 aliphatic carbocycles. The summed E-state index contributed by atoms with van der Waals surface area (Å²) in [5.41, 5.74) is 1.95. The van der Waals surface area contributed by atoms with Gasteiger partial charge in [-0.3, -0.25) is 4.79 Å². The third-order valence-electron chi connectivity index (χ3n) is 8.43. The number of allylic oxidation sites excluding steroid dienone is 2. The quantitative estimate of drug-likeness (QED) is 0.0948. The molecule has 5 nitrogen and oxygen atoms in total. The number of aliphatic hydroxyl groups excluding tert-OH is 1. The number of hydrogen-bond donors (Lipinski definition) is 1. The van der Waals surface area contributed by atoms with Gasteiger partial charge in [0.05, 0.1) is 5.76 Å². The maximum Gasteiger partial charge on any atom is 0.435 e. The van der Waals surface area contributed by atoms with Crippen LogP contribution in [0.3, 0.4) is 0 Å². The van der Waals surface area contributed by atoms with E-state index in [1.54, 1.807) is 18.2 Å². The number of rotatable bonds is 8. The van der Waals surface area contributed by atoms with E-state index >= 15 is 0 Å². The van der Waals surface area contributed by atoms with Crippen molar-refractivity contribution in [2.24, 2.45) is 11.8 Å². The summed E-state index contributed by atoms with van der Waals surface area (Å²) in [6, 6.07) is 23.6. The molecule has 0 aliphatic heterocycles. The number of benzene rings is 3. The van der Waals surface area contributed by atoms with Gasteiger partial charge in [0.15, 0.2) is 11.5 Å². The van der Waals surface area contributed by atoms with Crippen molar-refractivity contribution in [2.45, 2.75) is 59.6 Å². The molecule has 0 unspecified atom stereocenters. The number of fused-ring (bicyclic) bond motifs is 4. The number of carbonyl (C=O) groups excluding carboxylic acids is 1. The third kappa shape index (κ3) is 6.47. The van der Waals surface area contributed by atoms with Crippen LogP contribution in [-0.2, 0) is 31.1 Å². The number of aliphatic hydroxyl groups is 1. The van der Waals surface area contributed by atoms with E-state index in [9.17, 15) is 23.1 Å². The summed E-state index contributed by atoms with van der Waals surface area (Å²) >= 11 is 0. The molecule has 3 aromatic carbocycles. The van der Waals surface area contributed by atoms with Gasteiger partial charge in [0.2, 0.25) is 0 Å². The molecule has 0 spiro atoms. The second-order valence-electron chi connectivity index (χ2n) is 11.0. The Balaban J connectivity index is 0.000000249. The van der Waals surface area contributed by atoms with Gasteiger partial charge in [-0.2, -0.15) is 23.4 Å². The zero-order valence-electron chi connectivity index (χ0n) is 25.6. The SMILES string of the molecule is CCC(CC)C(=O)/C=C(\O)C(CC)CC.FC(F)(F)c1nnc(-c2[c-]c3cccc4c5ccccc5n2c34)c2ccccc12.[Ir]. The summed E-state index contributed by atoms with van der Waals surface area (Å²) in [6.45, 7) is 8.07. The number of carbonyl (C=O) groups is 1. The van der Waals surface area contributed by atoms with Gasteiger partial charge in [-0.25, -0.2) is 0 Å². The minimum Gasteiger partial charge on any atom is -0.512 e. The number of aromatic nitrogens is 3. The summed E-state index contributed by atoms with van der Waals surface area (Å²) in [5.74, 6) is 0.547. The Hall–Kier alpha value is -3.81. The minimum absolute atomic E-state index is 0. The fourth-order valence-corrected chi connectivity index (χ4v) is 5.97. The Kier molecular flexibility index (Phi) is 10.7. The van der Waals surface area contributed by atoms with Gasteiger partial charge >= 0.3 is 6.18 Å². The average molecular weight is 791 g/mol. The predicted molar refractivity (Wildman–Crippen MR) is 170 cm³/mol. The van der Waals surface area contributed by atoms with Crippen LogP contribution in [0.25, 0.3) is 49.4 Å². The molecule has 3 aromatic heterocycles. The molecule has 0 amide bonds. The number of nitrogens with zero attached hydrogens (tertiary/aromatic N) is 3. The van der Waals surface area contributed by atoms with Crippen molar-refractivity contribution in [3.8, 4) is 11.4 Å². The minimum atomic E-state index is -4.57. The molecule has 0 bridgehead atoms. The van der Waals surface area contributed by atoms with E-state index in [-0.39, 0.29) is 48.9 Å². The summed E-state index contributed by atoms with van der Waals surface area (Å²) in [7, 11) is 0. The Labute approximate surface area is 273 Å². The second kappa shape index (κ2) is 14.1. The average Bonchev–Trinajstić information content (AvgIpc) is 3.57. The molecule has 0 fully saturated rings. The number of halogens is 3. The van der Waals surface area contributed by atoms with Crippen LogP contribution in [0.1, 0.15) is 59.1 Å². The first-order chi connectivity index (χ1) is 21.1. The van der Waals surface area contributed by atoms with Gasteiger partial charge in [-0.05, 0) is 59.1 Å². The van der Waals surface area contributed by atoms with Crippen LogP contribution in [0.15, 0.2) is 78.6 Å². The molecule has 0 atom stereocenters. The van der Waals surface area contributed by atoms with Crippen LogP contribution in [0, 0.1) is 17.9 Å². The van der Waals surface area contributed by atoms with Gasteiger partial charge in [0, 0.05) is 54.6 Å². The first-order valence-corrected chi connectivity index (χ1v) is 15.1. The zero-order valence-corrected chi connectivity index (χ0v) is 28.0. The van der Waals surface area contributed by atoms with E-state index in [2.05, 4.69) is 16.3 Å². The van der Waals surface area contributed by atoms with Crippen molar-refractivity contribution < 1.29 is 43.2 Å². The van der Waals surface area contributed by atoms with Crippen LogP contribution in [0.4, 0.5) is 13.2 Å². The van der Waals surface area contributed by atoms with E-state index in [0.717, 1.165) is 52.9 Å². The summed E-state index contributed by atoms with van der Waals surface area (Å²) < 4.78 is 42.4. The Morgan fingerprint density at radius 1 is 0.822 bits per heavy atom.